The van der Waals surface area contributed by atoms with Gasteiger partial charge in [-0.25, -0.2) is 0 Å². The van der Waals surface area contributed by atoms with Gasteiger partial charge < -0.3 is 9.64 Å². The lowest BCUT2D eigenvalue weighted by atomic mass is 10.5. The summed E-state index contributed by atoms with van der Waals surface area (Å²) in [5.41, 5.74) is 0. The van der Waals surface area contributed by atoms with E-state index in [0.717, 1.165) is 9.47 Å². The Kier molecular flexibility index (Phi) is 4.41. The molecule has 78 valence electrons. The van der Waals surface area contributed by atoms with E-state index in [2.05, 4.69) is 15.9 Å². The average molecular weight is 278 g/mol. The van der Waals surface area contributed by atoms with E-state index >= 15 is 0 Å². The summed E-state index contributed by atoms with van der Waals surface area (Å²) >= 11 is 4.95. The summed E-state index contributed by atoms with van der Waals surface area (Å²) in [5.74, 6) is -0.195. The maximum Gasteiger partial charge on any atom is 0.325 e. The zero-order valence-corrected chi connectivity index (χ0v) is 10.5. The Labute approximate surface area is 95.8 Å². The van der Waals surface area contributed by atoms with Gasteiger partial charge in [-0.1, -0.05) is 0 Å². The molecule has 0 aliphatic rings. The number of thiophene rings is 1. The molecule has 1 aromatic heterocycles. The molecule has 0 aromatic carbocycles. The molecule has 0 aliphatic carbocycles. The number of likely N-dealkylation sites (N-methyl/N-ethyl adjacent to an activating group) is 1. The fraction of sp³-hybridized carbons (Fsp3) is 0.444. The predicted octanol–water partition coefficient (Wildman–Crippen LogP) is 2.51. The maximum absolute atomic E-state index is 11.2. The van der Waals surface area contributed by atoms with E-state index in [4.69, 9.17) is 4.74 Å². The molecule has 0 unspecified atom stereocenters. The number of hydrogen-bond acceptors (Lipinski definition) is 4. The minimum Gasteiger partial charge on any atom is -0.465 e. The molecule has 1 heterocycles. The number of halogens is 1. The molecule has 0 radical (unpaired) electrons. The second-order valence-electron chi connectivity index (χ2n) is 2.76. The minimum atomic E-state index is -0.195. The van der Waals surface area contributed by atoms with Gasteiger partial charge >= 0.3 is 5.97 Å². The van der Waals surface area contributed by atoms with Crippen LogP contribution in [0.1, 0.15) is 6.92 Å². The molecule has 0 amide bonds. The zero-order chi connectivity index (χ0) is 10.6. The fourth-order valence-electron chi connectivity index (χ4n) is 0.981. The first kappa shape index (κ1) is 11.5. The van der Waals surface area contributed by atoms with E-state index in [1.807, 2.05) is 23.4 Å². The summed E-state index contributed by atoms with van der Waals surface area (Å²) in [6.45, 7) is 2.53. The second-order valence-corrected chi connectivity index (χ2v) is 4.57. The lowest BCUT2D eigenvalue weighted by Crippen LogP contribution is -2.26. The SMILES string of the molecule is CCOC(=O)CN(C)c1cc(Br)cs1. The molecule has 0 saturated carbocycles. The van der Waals surface area contributed by atoms with E-state index in [1.54, 1.807) is 18.3 Å². The van der Waals surface area contributed by atoms with Crippen LogP contribution in [0.2, 0.25) is 0 Å². The summed E-state index contributed by atoms with van der Waals surface area (Å²) in [4.78, 5) is 13.0. The Morgan fingerprint density at radius 2 is 2.43 bits per heavy atom. The summed E-state index contributed by atoms with van der Waals surface area (Å²) in [5, 5.41) is 3.03. The number of esters is 1. The first-order valence-electron chi connectivity index (χ1n) is 4.24. The van der Waals surface area contributed by atoms with E-state index in [1.165, 1.54) is 0 Å². The molecule has 3 nitrogen and oxygen atoms in total. The van der Waals surface area contributed by atoms with E-state index in [0.29, 0.717) is 13.2 Å². The van der Waals surface area contributed by atoms with Gasteiger partial charge in [0.05, 0.1) is 11.6 Å². The van der Waals surface area contributed by atoms with Crippen molar-refractivity contribution in [3.63, 3.8) is 0 Å². The van der Waals surface area contributed by atoms with Crippen LogP contribution >= 0.6 is 27.3 Å². The van der Waals surface area contributed by atoms with Crippen molar-refractivity contribution >= 4 is 38.2 Å². The zero-order valence-electron chi connectivity index (χ0n) is 8.12. The van der Waals surface area contributed by atoms with Gasteiger partial charge in [0, 0.05) is 16.9 Å². The topological polar surface area (TPSA) is 29.5 Å². The quantitative estimate of drug-likeness (QED) is 0.793. The average Bonchev–Trinajstić information content (AvgIpc) is 2.52. The van der Waals surface area contributed by atoms with Crippen LogP contribution in [0.5, 0.6) is 0 Å². The number of anilines is 1. The highest BCUT2D eigenvalue weighted by atomic mass is 79.9. The standard InChI is InChI=1S/C9H12BrNO2S/c1-3-13-9(12)5-11(2)8-4-7(10)6-14-8/h4,6H,3,5H2,1-2H3. The highest BCUT2D eigenvalue weighted by Crippen LogP contribution is 2.27. The van der Waals surface area contributed by atoms with Crippen molar-refractivity contribution in [1.82, 2.24) is 0 Å². The highest BCUT2D eigenvalue weighted by molar-refractivity contribution is 9.10. The van der Waals surface area contributed by atoms with Crippen molar-refractivity contribution in [1.29, 1.82) is 0 Å². The van der Waals surface area contributed by atoms with Crippen LogP contribution < -0.4 is 4.90 Å². The van der Waals surface area contributed by atoms with Gasteiger partial charge in [-0.15, -0.1) is 11.3 Å². The van der Waals surface area contributed by atoms with Gasteiger partial charge in [-0.2, -0.15) is 0 Å². The molecule has 0 atom stereocenters. The maximum atomic E-state index is 11.2. The largest absolute Gasteiger partial charge is 0.465 e. The first-order valence-corrected chi connectivity index (χ1v) is 5.91. The van der Waals surface area contributed by atoms with Crippen molar-refractivity contribution in [2.45, 2.75) is 6.92 Å². The van der Waals surface area contributed by atoms with Gasteiger partial charge in [0.2, 0.25) is 0 Å². The van der Waals surface area contributed by atoms with Crippen LogP contribution in [0, 0.1) is 0 Å². The van der Waals surface area contributed by atoms with Crippen molar-refractivity contribution in [3.05, 3.63) is 15.9 Å². The van der Waals surface area contributed by atoms with Crippen molar-refractivity contribution < 1.29 is 9.53 Å². The Morgan fingerprint density at radius 1 is 1.71 bits per heavy atom. The third kappa shape index (κ3) is 3.31. The molecule has 0 saturated heterocycles. The molecule has 1 aromatic rings. The highest BCUT2D eigenvalue weighted by Gasteiger charge is 2.09. The number of hydrogen-bond donors (Lipinski definition) is 0. The Morgan fingerprint density at radius 3 is 2.93 bits per heavy atom. The molecular weight excluding hydrogens is 266 g/mol. The Bertz CT molecular complexity index is 314. The number of nitrogens with zero attached hydrogens (tertiary/aromatic N) is 1. The lowest BCUT2D eigenvalue weighted by molar-refractivity contribution is -0.141. The van der Waals surface area contributed by atoms with Gasteiger partial charge in [0.1, 0.15) is 6.54 Å². The van der Waals surface area contributed by atoms with Crippen molar-refractivity contribution in [2.75, 3.05) is 25.1 Å². The van der Waals surface area contributed by atoms with Crippen molar-refractivity contribution in [3.8, 4) is 0 Å². The third-order valence-electron chi connectivity index (χ3n) is 1.60. The number of carbonyl (C=O) groups excluding carboxylic acids is 1. The van der Waals surface area contributed by atoms with Gasteiger partial charge in [0.15, 0.2) is 0 Å². The molecule has 0 spiro atoms. The van der Waals surface area contributed by atoms with Gasteiger partial charge in [-0.3, -0.25) is 4.79 Å². The summed E-state index contributed by atoms with van der Waals surface area (Å²) < 4.78 is 5.89. The summed E-state index contributed by atoms with van der Waals surface area (Å²) in [6, 6.07) is 1.98. The lowest BCUT2D eigenvalue weighted by Gasteiger charge is -2.15. The third-order valence-corrected chi connectivity index (χ3v) is 3.41. The van der Waals surface area contributed by atoms with Crippen LogP contribution in [0.25, 0.3) is 0 Å². The molecular formula is C9H12BrNO2S. The number of carbonyl (C=O) groups is 1. The minimum absolute atomic E-state index is 0.195. The second kappa shape index (κ2) is 5.36. The van der Waals surface area contributed by atoms with Crippen LogP contribution in [-0.2, 0) is 9.53 Å². The molecule has 5 heteroatoms. The van der Waals surface area contributed by atoms with E-state index in [9.17, 15) is 4.79 Å². The van der Waals surface area contributed by atoms with Crippen LogP contribution in [0.3, 0.4) is 0 Å². The molecule has 1 rings (SSSR count). The monoisotopic (exact) mass is 277 g/mol. The number of rotatable bonds is 4. The molecule has 0 aliphatic heterocycles. The van der Waals surface area contributed by atoms with Crippen molar-refractivity contribution in [2.24, 2.45) is 0 Å². The predicted molar refractivity (Wildman–Crippen MR) is 61.9 cm³/mol. The Balaban J connectivity index is 2.50. The molecule has 0 N–H and O–H groups in total. The summed E-state index contributed by atoms with van der Waals surface area (Å²) in [6.07, 6.45) is 0. The normalized spacial score (nSPS) is 9.93. The fourth-order valence-corrected chi connectivity index (χ4v) is 2.37. The van der Waals surface area contributed by atoms with Gasteiger partial charge in [0.25, 0.3) is 0 Å². The van der Waals surface area contributed by atoms with Crippen LogP contribution in [0.15, 0.2) is 15.9 Å². The molecule has 0 bridgehead atoms. The first-order chi connectivity index (χ1) is 6.63. The molecule has 0 fully saturated rings. The van der Waals surface area contributed by atoms with Crippen LogP contribution in [-0.4, -0.2) is 26.2 Å². The van der Waals surface area contributed by atoms with E-state index < -0.39 is 0 Å². The molecule has 14 heavy (non-hydrogen) atoms. The Hall–Kier alpha value is -0.550. The van der Waals surface area contributed by atoms with Crippen LogP contribution in [0.4, 0.5) is 5.00 Å². The summed E-state index contributed by atoms with van der Waals surface area (Å²) in [7, 11) is 1.87. The smallest absolute Gasteiger partial charge is 0.325 e. The van der Waals surface area contributed by atoms with E-state index in [-0.39, 0.29) is 5.97 Å². The van der Waals surface area contributed by atoms with Gasteiger partial charge in [-0.05, 0) is 28.9 Å². The number of ether oxygens (including phenoxy) is 1.